The van der Waals surface area contributed by atoms with E-state index in [-0.39, 0.29) is 0 Å². The Morgan fingerprint density at radius 3 is 2.42 bits per heavy atom. The number of furan rings is 1. The highest BCUT2D eigenvalue weighted by Crippen LogP contribution is 2.31. The van der Waals surface area contributed by atoms with E-state index in [1.165, 1.54) is 11.1 Å². The molecule has 120 valence electrons. The molecule has 4 aromatic rings. The van der Waals surface area contributed by atoms with Crippen LogP contribution in [0.3, 0.4) is 0 Å². The van der Waals surface area contributed by atoms with Gasteiger partial charge < -0.3 is 8.94 Å². The third kappa shape index (κ3) is 2.40. The summed E-state index contributed by atoms with van der Waals surface area (Å²) in [5.41, 5.74) is 5.35. The minimum absolute atomic E-state index is 0.402. The fourth-order valence-electron chi connectivity index (χ4n) is 2.83. The van der Waals surface area contributed by atoms with Gasteiger partial charge in [-0.3, -0.25) is 0 Å². The maximum atomic E-state index is 5.96. The summed E-state index contributed by atoms with van der Waals surface area (Å²) in [6.07, 6.45) is 1.01. The molecule has 4 rings (SSSR count). The Morgan fingerprint density at radius 2 is 1.71 bits per heavy atom. The van der Waals surface area contributed by atoms with E-state index in [4.69, 9.17) is 8.94 Å². The SMILES string of the molecule is CCc1ccc(-c2noc(-c3cc4c(C)ccc(C)c4o3)n2)cc1. The minimum Gasteiger partial charge on any atom is -0.451 e. The van der Waals surface area contributed by atoms with Gasteiger partial charge in [-0.05, 0) is 43.0 Å². The third-order valence-electron chi connectivity index (χ3n) is 4.36. The van der Waals surface area contributed by atoms with Crippen LogP contribution in [0.15, 0.2) is 51.4 Å². The molecule has 2 heterocycles. The average Bonchev–Trinajstić information content (AvgIpc) is 3.26. The van der Waals surface area contributed by atoms with Crippen molar-refractivity contribution in [2.75, 3.05) is 0 Å². The fourth-order valence-corrected chi connectivity index (χ4v) is 2.83. The van der Waals surface area contributed by atoms with Crippen molar-refractivity contribution in [3.05, 3.63) is 59.2 Å². The Balaban J connectivity index is 1.74. The summed E-state index contributed by atoms with van der Waals surface area (Å²) in [6.45, 7) is 6.23. The van der Waals surface area contributed by atoms with Crippen LogP contribution in [0.4, 0.5) is 0 Å². The van der Waals surface area contributed by atoms with Crippen LogP contribution in [0.1, 0.15) is 23.6 Å². The van der Waals surface area contributed by atoms with Crippen molar-refractivity contribution in [1.82, 2.24) is 10.1 Å². The van der Waals surface area contributed by atoms with Gasteiger partial charge in [-0.2, -0.15) is 4.98 Å². The molecule has 0 spiro atoms. The van der Waals surface area contributed by atoms with Gasteiger partial charge >= 0.3 is 0 Å². The number of nitrogens with zero attached hydrogens (tertiary/aromatic N) is 2. The zero-order chi connectivity index (χ0) is 16.7. The van der Waals surface area contributed by atoms with Crippen molar-refractivity contribution in [2.45, 2.75) is 27.2 Å². The zero-order valence-corrected chi connectivity index (χ0v) is 14.0. The second-order valence-electron chi connectivity index (χ2n) is 6.03. The van der Waals surface area contributed by atoms with Crippen molar-refractivity contribution in [3.63, 3.8) is 0 Å². The second-order valence-corrected chi connectivity index (χ2v) is 6.03. The summed E-state index contributed by atoms with van der Waals surface area (Å²) < 4.78 is 11.4. The Bertz CT molecular complexity index is 971. The summed E-state index contributed by atoms with van der Waals surface area (Å²) in [4.78, 5) is 4.49. The predicted octanol–water partition coefficient (Wildman–Crippen LogP) is 5.33. The number of hydrogen-bond donors (Lipinski definition) is 0. The van der Waals surface area contributed by atoms with Crippen LogP contribution >= 0.6 is 0 Å². The van der Waals surface area contributed by atoms with Crippen LogP contribution in [0.25, 0.3) is 34.0 Å². The number of aryl methyl sites for hydroxylation is 3. The second kappa shape index (κ2) is 5.64. The maximum absolute atomic E-state index is 5.96. The Morgan fingerprint density at radius 1 is 0.958 bits per heavy atom. The van der Waals surface area contributed by atoms with E-state index >= 15 is 0 Å². The molecule has 2 aromatic heterocycles. The molecule has 0 N–H and O–H groups in total. The molecule has 0 atom stereocenters. The highest BCUT2D eigenvalue weighted by molar-refractivity contribution is 5.87. The smallest absolute Gasteiger partial charge is 0.293 e. The van der Waals surface area contributed by atoms with Crippen LogP contribution in [0.2, 0.25) is 0 Å². The largest absolute Gasteiger partial charge is 0.451 e. The van der Waals surface area contributed by atoms with Gasteiger partial charge in [-0.15, -0.1) is 0 Å². The molecule has 2 aromatic carbocycles. The van der Waals surface area contributed by atoms with Crippen molar-refractivity contribution in [1.29, 1.82) is 0 Å². The van der Waals surface area contributed by atoms with Crippen molar-refractivity contribution in [3.8, 4) is 23.0 Å². The summed E-state index contributed by atoms with van der Waals surface area (Å²) in [5.74, 6) is 1.58. The normalized spacial score (nSPS) is 11.3. The minimum atomic E-state index is 0.402. The molecule has 0 radical (unpaired) electrons. The highest BCUT2D eigenvalue weighted by Gasteiger charge is 2.16. The van der Waals surface area contributed by atoms with Crippen LogP contribution in [0.5, 0.6) is 0 Å². The summed E-state index contributed by atoms with van der Waals surface area (Å²) in [5, 5.41) is 5.17. The molecule has 0 unspecified atom stereocenters. The molecular formula is C20H18N2O2. The lowest BCUT2D eigenvalue weighted by atomic mass is 10.1. The first-order valence-electron chi connectivity index (χ1n) is 8.09. The molecule has 0 saturated carbocycles. The van der Waals surface area contributed by atoms with E-state index < -0.39 is 0 Å². The molecule has 0 saturated heterocycles. The fraction of sp³-hybridized carbons (Fsp3) is 0.200. The van der Waals surface area contributed by atoms with Gasteiger partial charge in [0.05, 0.1) is 0 Å². The molecular weight excluding hydrogens is 300 g/mol. The van der Waals surface area contributed by atoms with E-state index in [1.54, 1.807) is 0 Å². The van der Waals surface area contributed by atoms with E-state index in [2.05, 4.69) is 48.3 Å². The standard InChI is InChI=1S/C20H18N2O2/c1-4-14-7-9-15(10-8-14)19-21-20(24-22-19)17-11-16-12(2)5-6-13(3)18(16)23-17/h5-11H,4H2,1-3H3. The van der Waals surface area contributed by atoms with Gasteiger partial charge in [-0.1, -0.05) is 48.5 Å². The molecule has 0 aliphatic carbocycles. The molecule has 24 heavy (non-hydrogen) atoms. The number of fused-ring (bicyclic) bond motifs is 1. The zero-order valence-electron chi connectivity index (χ0n) is 14.0. The summed E-state index contributed by atoms with van der Waals surface area (Å²) in [6, 6.07) is 14.3. The lowest BCUT2D eigenvalue weighted by Crippen LogP contribution is -1.83. The first-order chi connectivity index (χ1) is 11.7. The quantitative estimate of drug-likeness (QED) is 0.512. The molecule has 0 aliphatic heterocycles. The Hall–Kier alpha value is -2.88. The third-order valence-corrected chi connectivity index (χ3v) is 4.36. The lowest BCUT2D eigenvalue weighted by Gasteiger charge is -1.97. The van der Waals surface area contributed by atoms with E-state index in [0.29, 0.717) is 17.5 Å². The number of hydrogen-bond acceptors (Lipinski definition) is 4. The van der Waals surface area contributed by atoms with Gasteiger partial charge in [0.2, 0.25) is 5.82 Å². The van der Waals surface area contributed by atoms with Gasteiger partial charge in [0, 0.05) is 10.9 Å². The summed E-state index contributed by atoms with van der Waals surface area (Å²) in [7, 11) is 0. The van der Waals surface area contributed by atoms with Gasteiger partial charge in [0.15, 0.2) is 5.76 Å². The Kier molecular flexibility index (Phi) is 3.45. The van der Waals surface area contributed by atoms with E-state index in [9.17, 15) is 0 Å². The van der Waals surface area contributed by atoms with Crippen LogP contribution in [-0.4, -0.2) is 10.1 Å². The van der Waals surface area contributed by atoms with Crippen molar-refractivity contribution >= 4 is 11.0 Å². The average molecular weight is 318 g/mol. The van der Waals surface area contributed by atoms with Gasteiger partial charge in [0.1, 0.15) is 5.58 Å². The van der Waals surface area contributed by atoms with Crippen LogP contribution < -0.4 is 0 Å². The Labute approximate surface area is 140 Å². The topological polar surface area (TPSA) is 52.1 Å². The molecule has 0 fully saturated rings. The predicted molar refractivity (Wildman–Crippen MR) is 93.8 cm³/mol. The first kappa shape index (κ1) is 14.7. The number of aromatic nitrogens is 2. The maximum Gasteiger partial charge on any atom is 0.293 e. The molecule has 0 aliphatic rings. The lowest BCUT2D eigenvalue weighted by molar-refractivity contribution is 0.420. The number of benzene rings is 2. The first-order valence-corrected chi connectivity index (χ1v) is 8.09. The summed E-state index contributed by atoms with van der Waals surface area (Å²) >= 11 is 0. The van der Waals surface area contributed by atoms with Crippen molar-refractivity contribution in [2.24, 2.45) is 0 Å². The van der Waals surface area contributed by atoms with Crippen molar-refractivity contribution < 1.29 is 8.94 Å². The number of rotatable bonds is 3. The molecule has 0 bridgehead atoms. The van der Waals surface area contributed by atoms with Crippen LogP contribution in [0, 0.1) is 13.8 Å². The van der Waals surface area contributed by atoms with E-state index in [1.807, 2.05) is 25.1 Å². The van der Waals surface area contributed by atoms with Gasteiger partial charge in [0.25, 0.3) is 5.89 Å². The highest BCUT2D eigenvalue weighted by atomic mass is 16.5. The van der Waals surface area contributed by atoms with E-state index in [0.717, 1.165) is 28.5 Å². The molecule has 4 nitrogen and oxygen atoms in total. The molecule has 4 heteroatoms. The molecule has 0 amide bonds. The monoisotopic (exact) mass is 318 g/mol. The van der Waals surface area contributed by atoms with Gasteiger partial charge in [-0.25, -0.2) is 0 Å². The van der Waals surface area contributed by atoms with Crippen LogP contribution in [-0.2, 0) is 6.42 Å².